The molecule has 0 atom stereocenters. The second kappa shape index (κ2) is 3.90. The SMILES string of the molecule is CCNC(=O)c1ccc2nc(Cl)[nH]c2c1. The minimum atomic E-state index is -0.0925. The molecule has 0 aliphatic heterocycles. The highest BCUT2D eigenvalue weighted by Crippen LogP contribution is 2.15. The Hall–Kier alpha value is -1.55. The molecule has 0 fully saturated rings. The monoisotopic (exact) mass is 223 g/mol. The summed E-state index contributed by atoms with van der Waals surface area (Å²) in [4.78, 5) is 18.4. The van der Waals surface area contributed by atoms with Gasteiger partial charge in [-0.05, 0) is 36.7 Å². The average molecular weight is 224 g/mol. The number of amides is 1. The van der Waals surface area contributed by atoms with Gasteiger partial charge in [0.05, 0.1) is 11.0 Å². The first-order chi connectivity index (χ1) is 7.20. The maximum absolute atomic E-state index is 11.5. The number of carbonyl (C=O) groups excluding carboxylic acids is 1. The number of benzene rings is 1. The smallest absolute Gasteiger partial charge is 0.251 e. The molecule has 2 rings (SSSR count). The Kier molecular flexibility index (Phi) is 2.60. The van der Waals surface area contributed by atoms with Gasteiger partial charge < -0.3 is 10.3 Å². The molecule has 0 spiro atoms. The van der Waals surface area contributed by atoms with Crippen molar-refractivity contribution in [3.05, 3.63) is 29.0 Å². The van der Waals surface area contributed by atoms with Crippen LogP contribution in [-0.2, 0) is 0 Å². The first-order valence-electron chi connectivity index (χ1n) is 4.64. The second-order valence-electron chi connectivity index (χ2n) is 3.12. The van der Waals surface area contributed by atoms with Gasteiger partial charge in [0.15, 0.2) is 0 Å². The Balaban J connectivity index is 2.41. The Morgan fingerprint density at radius 1 is 1.60 bits per heavy atom. The van der Waals surface area contributed by atoms with Gasteiger partial charge in [0.1, 0.15) is 0 Å². The molecule has 4 nitrogen and oxygen atoms in total. The molecule has 1 heterocycles. The summed E-state index contributed by atoms with van der Waals surface area (Å²) in [6.07, 6.45) is 0. The highest BCUT2D eigenvalue weighted by molar-refractivity contribution is 6.29. The summed E-state index contributed by atoms with van der Waals surface area (Å²) >= 11 is 5.71. The third kappa shape index (κ3) is 1.94. The van der Waals surface area contributed by atoms with Crippen molar-refractivity contribution in [2.45, 2.75) is 6.92 Å². The molecule has 78 valence electrons. The Morgan fingerprint density at radius 2 is 2.40 bits per heavy atom. The quantitative estimate of drug-likeness (QED) is 0.818. The molecule has 0 unspecified atom stereocenters. The Morgan fingerprint density at radius 3 is 3.13 bits per heavy atom. The summed E-state index contributed by atoms with van der Waals surface area (Å²) in [5, 5.41) is 3.06. The largest absolute Gasteiger partial charge is 0.352 e. The van der Waals surface area contributed by atoms with E-state index in [4.69, 9.17) is 11.6 Å². The zero-order chi connectivity index (χ0) is 10.8. The Labute approximate surface area is 91.7 Å². The normalized spacial score (nSPS) is 10.5. The van der Waals surface area contributed by atoms with E-state index in [0.29, 0.717) is 17.4 Å². The predicted octanol–water partition coefficient (Wildman–Crippen LogP) is 1.97. The van der Waals surface area contributed by atoms with Crippen LogP contribution in [0.15, 0.2) is 18.2 Å². The van der Waals surface area contributed by atoms with Crippen LogP contribution in [0.1, 0.15) is 17.3 Å². The van der Waals surface area contributed by atoms with Crippen molar-refractivity contribution in [2.75, 3.05) is 6.54 Å². The lowest BCUT2D eigenvalue weighted by atomic mass is 10.2. The molecule has 1 aromatic heterocycles. The van der Waals surface area contributed by atoms with Gasteiger partial charge >= 0.3 is 0 Å². The minimum absolute atomic E-state index is 0.0925. The highest BCUT2D eigenvalue weighted by Gasteiger charge is 2.06. The number of H-pyrrole nitrogens is 1. The molecule has 0 saturated carbocycles. The molecule has 5 heteroatoms. The average Bonchev–Trinajstić information content (AvgIpc) is 2.57. The maximum atomic E-state index is 11.5. The lowest BCUT2D eigenvalue weighted by Crippen LogP contribution is -2.22. The van der Waals surface area contributed by atoms with Crippen LogP contribution in [0.2, 0.25) is 5.28 Å². The standard InChI is InChI=1S/C10H10ClN3O/c1-2-12-9(15)6-3-4-7-8(5-6)14-10(11)13-7/h3-5H,2H2,1H3,(H,12,15)(H,13,14). The molecule has 1 amide bonds. The number of aromatic amines is 1. The maximum Gasteiger partial charge on any atom is 0.251 e. The van der Waals surface area contributed by atoms with E-state index in [0.717, 1.165) is 11.0 Å². The van der Waals surface area contributed by atoms with Crippen LogP contribution >= 0.6 is 11.6 Å². The fraction of sp³-hybridized carbons (Fsp3) is 0.200. The molecule has 2 N–H and O–H groups in total. The predicted molar refractivity (Wildman–Crippen MR) is 59.1 cm³/mol. The van der Waals surface area contributed by atoms with Crippen molar-refractivity contribution < 1.29 is 4.79 Å². The van der Waals surface area contributed by atoms with Gasteiger partial charge in [-0.1, -0.05) is 0 Å². The molecule has 1 aromatic carbocycles. The lowest BCUT2D eigenvalue weighted by Gasteiger charge is -2.00. The summed E-state index contributed by atoms with van der Waals surface area (Å²) in [5.74, 6) is -0.0925. The van der Waals surface area contributed by atoms with Crippen LogP contribution in [0.25, 0.3) is 11.0 Å². The molecule has 0 bridgehead atoms. The molecule has 0 radical (unpaired) electrons. The van der Waals surface area contributed by atoms with Gasteiger partial charge in [-0.2, -0.15) is 0 Å². The third-order valence-electron chi connectivity index (χ3n) is 2.05. The van der Waals surface area contributed by atoms with Gasteiger partial charge in [0, 0.05) is 12.1 Å². The van der Waals surface area contributed by atoms with Crippen LogP contribution < -0.4 is 5.32 Å². The zero-order valence-corrected chi connectivity index (χ0v) is 8.93. The fourth-order valence-electron chi connectivity index (χ4n) is 1.38. The van der Waals surface area contributed by atoms with E-state index in [1.54, 1.807) is 18.2 Å². The molecule has 15 heavy (non-hydrogen) atoms. The van der Waals surface area contributed by atoms with E-state index < -0.39 is 0 Å². The number of nitrogens with one attached hydrogen (secondary N) is 2. The number of fused-ring (bicyclic) bond motifs is 1. The number of hydrogen-bond donors (Lipinski definition) is 2. The second-order valence-corrected chi connectivity index (χ2v) is 3.48. The fourth-order valence-corrected chi connectivity index (χ4v) is 1.58. The van der Waals surface area contributed by atoms with Gasteiger partial charge in [-0.3, -0.25) is 4.79 Å². The van der Waals surface area contributed by atoms with Crippen LogP contribution in [0.4, 0.5) is 0 Å². The number of rotatable bonds is 2. The van der Waals surface area contributed by atoms with E-state index in [1.807, 2.05) is 6.92 Å². The van der Waals surface area contributed by atoms with Crippen molar-refractivity contribution in [1.29, 1.82) is 0 Å². The van der Waals surface area contributed by atoms with Crippen LogP contribution in [0.3, 0.4) is 0 Å². The number of carbonyl (C=O) groups is 1. The van der Waals surface area contributed by atoms with Crippen LogP contribution in [-0.4, -0.2) is 22.4 Å². The van der Waals surface area contributed by atoms with Crippen molar-refractivity contribution in [3.63, 3.8) is 0 Å². The van der Waals surface area contributed by atoms with Crippen molar-refractivity contribution >= 4 is 28.5 Å². The lowest BCUT2D eigenvalue weighted by molar-refractivity contribution is 0.0956. The summed E-state index contributed by atoms with van der Waals surface area (Å²) in [5.41, 5.74) is 2.13. The molecule has 0 aliphatic rings. The van der Waals surface area contributed by atoms with E-state index in [9.17, 15) is 4.79 Å². The van der Waals surface area contributed by atoms with Gasteiger partial charge in [0.2, 0.25) is 5.28 Å². The zero-order valence-electron chi connectivity index (χ0n) is 8.17. The topological polar surface area (TPSA) is 57.8 Å². The highest BCUT2D eigenvalue weighted by atomic mass is 35.5. The van der Waals surface area contributed by atoms with Crippen LogP contribution in [0.5, 0.6) is 0 Å². The van der Waals surface area contributed by atoms with Crippen molar-refractivity contribution in [1.82, 2.24) is 15.3 Å². The Bertz CT molecular complexity index is 506. The van der Waals surface area contributed by atoms with Gasteiger partial charge in [-0.25, -0.2) is 4.98 Å². The van der Waals surface area contributed by atoms with E-state index >= 15 is 0 Å². The summed E-state index contributed by atoms with van der Waals surface area (Å²) in [7, 11) is 0. The van der Waals surface area contributed by atoms with E-state index in [-0.39, 0.29) is 5.91 Å². The van der Waals surface area contributed by atoms with E-state index in [2.05, 4.69) is 15.3 Å². The minimum Gasteiger partial charge on any atom is -0.352 e. The first kappa shape index (κ1) is 9.98. The summed E-state index contributed by atoms with van der Waals surface area (Å²) in [6, 6.07) is 5.23. The summed E-state index contributed by atoms with van der Waals surface area (Å²) < 4.78 is 0. The summed E-state index contributed by atoms with van der Waals surface area (Å²) in [6.45, 7) is 2.49. The molecule has 0 aliphatic carbocycles. The number of nitrogens with zero attached hydrogens (tertiary/aromatic N) is 1. The van der Waals surface area contributed by atoms with Gasteiger partial charge in [-0.15, -0.1) is 0 Å². The molecular weight excluding hydrogens is 214 g/mol. The number of aromatic nitrogens is 2. The number of imidazole rings is 1. The molecular formula is C10H10ClN3O. The van der Waals surface area contributed by atoms with Crippen molar-refractivity contribution in [2.24, 2.45) is 0 Å². The number of halogens is 1. The number of hydrogen-bond acceptors (Lipinski definition) is 2. The molecule has 2 aromatic rings. The third-order valence-corrected chi connectivity index (χ3v) is 2.23. The van der Waals surface area contributed by atoms with E-state index in [1.165, 1.54) is 0 Å². The first-order valence-corrected chi connectivity index (χ1v) is 5.02. The van der Waals surface area contributed by atoms with Crippen LogP contribution in [0, 0.1) is 0 Å². The van der Waals surface area contributed by atoms with Crippen molar-refractivity contribution in [3.8, 4) is 0 Å². The van der Waals surface area contributed by atoms with Gasteiger partial charge in [0.25, 0.3) is 5.91 Å². The molecule has 0 saturated heterocycles.